The smallest absolute Gasteiger partial charge is 0.324 e. The van der Waals surface area contributed by atoms with Crippen molar-refractivity contribution in [1.82, 2.24) is 19.2 Å². The molecule has 10 rings (SSSR count). The maximum Gasteiger partial charge on any atom is 0.346 e. The van der Waals surface area contributed by atoms with Crippen LogP contribution in [-0.4, -0.2) is 85.6 Å². The number of rotatable bonds is 6. The summed E-state index contributed by atoms with van der Waals surface area (Å²) >= 11 is 2.00. The molecule has 236 valence electrons. The molecule has 4 fully saturated rings. The van der Waals surface area contributed by atoms with Crippen molar-refractivity contribution in [3.05, 3.63) is 72.8 Å². The van der Waals surface area contributed by atoms with Crippen LogP contribution in [0, 0.1) is 0 Å². The number of hydrogen-bond acceptors (Lipinski definition) is 5. The van der Waals surface area contributed by atoms with Crippen LogP contribution in [0.4, 0.5) is 0 Å². The summed E-state index contributed by atoms with van der Waals surface area (Å²) in [5, 5.41) is 8.53. The summed E-state index contributed by atoms with van der Waals surface area (Å²) in [5.74, 6) is 0. The van der Waals surface area contributed by atoms with Crippen LogP contribution in [0.3, 0.4) is 0 Å². The van der Waals surface area contributed by atoms with Gasteiger partial charge < -0.3 is 19.2 Å². The first-order valence-electron chi connectivity index (χ1n) is 18.5. The molecule has 4 nitrogen and oxygen atoms in total. The third-order valence-corrected chi connectivity index (χ3v) is 13.1. The zero-order chi connectivity index (χ0) is 30.9. The molecular weight excluding hydrogens is 590 g/mol. The summed E-state index contributed by atoms with van der Waals surface area (Å²) in [4.78, 5) is 13.9. The Balaban J connectivity index is 1.16. The lowest BCUT2D eigenvalue weighted by Gasteiger charge is -2.33. The monoisotopic (exact) mass is 634 g/mol. The molecule has 0 saturated carbocycles. The highest BCUT2D eigenvalue weighted by molar-refractivity contribution is 7.99. The molecule has 0 atom stereocenters. The molecule has 0 unspecified atom stereocenters. The Morgan fingerprint density at radius 2 is 0.979 bits per heavy atom. The number of nitrogens with zero attached hydrogens (tertiary/aromatic N) is 4. The highest BCUT2D eigenvalue weighted by atomic mass is 32.2. The molecule has 0 N–H and O–H groups in total. The van der Waals surface area contributed by atoms with Crippen LogP contribution >= 0.6 is 11.8 Å². The quantitative estimate of drug-likeness (QED) is 0.144. The third kappa shape index (κ3) is 4.83. The SMILES string of the molecule is c1ccc2c(c1)c(B(N1CCCC1)N1CCCC1)cc1c3cccc4c3c(cc21)-c1ccc(B(N2CCCC2)N2CCCC2)cc1S4. The van der Waals surface area contributed by atoms with E-state index in [-0.39, 0.29) is 0 Å². The topological polar surface area (TPSA) is 13.0 Å². The largest absolute Gasteiger partial charge is 0.346 e. The summed E-state index contributed by atoms with van der Waals surface area (Å²) in [7, 11) is 0. The van der Waals surface area contributed by atoms with Crippen molar-refractivity contribution in [1.29, 1.82) is 0 Å². The maximum absolute atomic E-state index is 2.78. The van der Waals surface area contributed by atoms with Crippen molar-refractivity contribution in [2.45, 2.75) is 61.2 Å². The minimum absolute atomic E-state index is 0.368. The fraction of sp³-hybridized carbons (Fsp3) is 0.400. The average molecular weight is 635 g/mol. The van der Waals surface area contributed by atoms with Crippen LogP contribution in [0.1, 0.15) is 51.4 Å². The summed E-state index contributed by atoms with van der Waals surface area (Å²) in [6, 6.07) is 29.1. The van der Waals surface area contributed by atoms with E-state index in [0.717, 1.165) is 0 Å². The van der Waals surface area contributed by atoms with Gasteiger partial charge in [0.05, 0.1) is 0 Å². The molecule has 0 radical (unpaired) electrons. The van der Waals surface area contributed by atoms with Gasteiger partial charge in [-0.2, -0.15) is 0 Å². The summed E-state index contributed by atoms with van der Waals surface area (Å²) < 4.78 is 0. The van der Waals surface area contributed by atoms with E-state index in [1.54, 1.807) is 0 Å². The second-order valence-electron chi connectivity index (χ2n) is 14.8. The zero-order valence-corrected chi connectivity index (χ0v) is 28.4. The van der Waals surface area contributed by atoms with Crippen LogP contribution in [-0.2, 0) is 0 Å². The van der Waals surface area contributed by atoms with Crippen molar-refractivity contribution < 1.29 is 0 Å². The van der Waals surface area contributed by atoms with E-state index in [2.05, 4.69) is 92.0 Å². The van der Waals surface area contributed by atoms with E-state index < -0.39 is 0 Å². The molecule has 0 bridgehead atoms. The molecule has 7 heteroatoms. The molecular formula is C40H44B2N4S. The Bertz CT molecular complexity index is 1960. The van der Waals surface area contributed by atoms with Gasteiger partial charge in [-0.05, 0) is 165 Å². The first-order chi connectivity index (χ1) is 23.3. The fourth-order valence-corrected chi connectivity index (χ4v) is 11.1. The Morgan fingerprint density at radius 3 is 1.62 bits per heavy atom. The normalized spacial score (nSPS) is 20.7. The van der Waals surface area contributed by atoms with E-state index in [9.17, 15) is 0 Å². The second kappa shape index (κ2) is 12.0. The van der Waals surface area contributed by atoms with Crippen LogP contribution in [0.25, 0.3) is 43.4 Å². The Hall–Kier alpha value is -2.80. The first-order valence-corrected chi connectivity index (χ1v) is 19.3. The fourth-order valence-electron chi connectivity index (χ4n) is 9.91. The van der Waals surface area contributed by atoms with Gasteiger partial charge >= 0.3 is 14.0 Å². The predicted molar refractivity (Wildman–Crippen MR) is 203 cm³/mol. The average Bonchev–Trinajstić information content (AvgIpc) is 3.96. The van der Waals surface area contributed by atoms with E-state index in [1.807, 2.05) is 11.8 Å². The van der Waals surface area contributed by atoms with Gasteiger partial charge in [0.15, 0.2) is 0 Å². The van der Waals surface area contributed by atoms with Crippen LogP contribution in [0.5, 0.6) is 0 Å². The van der Waals surface area contributed by atoms with Gasteiger partial charge in [0, 0.05) is 15.2 Å². The zero-order valence-electron chi connectivity index (χ0n) is 27.6. The van der Waals surface area contributed by atoms with Gasteiger partial charge in [0.1, 0.15) is 0 Å². The van der Waals surface area contributed by atoms with Crippen molar-refractivity contribution in [2.75, 3.05) is 52.4 Å². The van der Waals surface area contributed by atoms with E-state index in [4.69, 9.17) is 0 Å². The van der Waals surface area contributed by atoms with Gasteiger partial charge in [0.25, 0.3) is 0 Å². The first kappa shape index (κ1) is 29.1. The van der Waals surface area contributed by atoms with Gasteiger partial charge in [-0.15, -0.1) is 0 Å². The summed E-state index contributed by atoms with van der Waals surface area (Å²) in [6.07, 6.45) is 10.6. The van der Waals surface area contributed by atoms with Crippen molar-refractivity contribution in [3.8, 4) is 11.1 Å². The number of fused-ring (bicyclic) bond motifs is 6. The van der Waals surface area contributed by atoms with Crippen molar-refractivity contribution in [2.24, 2.45) is 0 Å². The molecule has 0 aromatic heterocycles. The molecule has 47 heavy (non-hydrogen) atoms. The van der Waals surface area contributed by atoms with E-state index in [0.29, 0.717) is 14.0 Å². The Kier molecular flexibility index (Phi) is 7.42. The molecule has 5 aliphatic heterocycles. The molecule has 4 saturated heterocycles. The predicted octanol–water partition coefficient (Wildman–Crippen LogP) is 7.05. The van der Waals surface area contributed by atoms with Gasteiger partial charge in [-0.3, -0.25) is 0 Å². The van der Waals surface area contributed by atoms with E-state index in [1.165, 1.54) is 168 Å². The summed E-state index contributed by atoms with van der Waals surface area (Å²) in [5.41, 5.74) is 5.82. The number of benzene rings is 5. The third-order valence-electron chi connectivity index (χ3n) is 12.0. The molecule has 5 aromatic rings. The lowest BCUT2D eigenvalue weighted by molar-refractivity contribution is 0.436. The lowest BCUT2D eigenvalue weighted by atomic mass is 9.62. The molecule has 0 amide bonds. The van der Waals surface area contributed by atoms with Gasteiger partial charge in [-0.1, -0.05) is 72.4 Å². The van der Waals surface area contributed by atoms with Crippen molar-refractivity contribution >= 4 is 69.0 Å². The van der Waals surface area contributed by atoms with Gasteiger partial charge in [0.2, 0.25) is 0 Å². The van der Waals surface area contributed by atoms with Crippen LogP contribution < -0.4 is 10.9 Å². The van der Waals surface area contributed by atoms with Crippen molar-refractivity contribution in [3.63, 3.8) is 0 Å². The lowest BCUT2D eigenvalue weighted by Crippen LogP contribution is -2.58. The molecule has 0 spiro atoms. The molecule has 0 aliphatic carbocycles. The Morgan fingerprint density at radius 1 is 0.426 bits per heavy atom. The van der Waals surface area contributed by atoms with Crippen LogP contribution in [0.2, 0.25) is 0 Å². The maximum atomic E-state index is 2.78. The highest BCUT2D eigenvalue weighted by Gasteiger charge is 2.38. The second-order valence-corrected chi connectivity index (χ2v) is 15.9. The summed E-state index contributed by atoms with van der Waals surface area (Å²) in [6.45, 7) is 10.5. The van der Waals surface area contributed by atoms with Gasteiger partial charge in [-0.25, -0.2) is 0 Å². The molecule has 5 aliphatic rings. The molecule has 5 heterocycles. The van der Waals surface area contributed by atoms with Crippen LogP contribution in [0.15, 0.2) is 82.6 Å². The minimum Gasteiger partial charge on any atom is -0.324 e. The van der Waals surface area contributed by atoms with E-state index >= 15 is 0 Å². The minimum atomic E-state index is 0.368. The standard InChI is InChI=1S/C40H44B2N4S/c1-2-13-31-30(12-1)34-27-36-32-17-16-29(41(43-18-3-4-19-43)44-20-5-6-21-44)26-39(32)47-38-15-11-14-33(40(36)38)35(34)28-37(31)42(45-22-7-8-23-45)46-24-9-10-25-46/h1-2,11-17,26-28H,3-10,18-25H2. The number of hydrogen-bond donors (Lipinski definition) is 0. The Labute approximate surface area is 284 Å². The highest BCUT2D eigenvalue weighted by Crippen LogP contribution is 2.50. The molecule has 5 aromatic carbocycles.